The van der Waals surface area contributed by atoms with Gasteiger partial charge in [0, 0.05) is 34.5 Å². The van der Waals surface area contributed by atoms with Crippen LogP contribution < -0.4 is 4.74 Å². The summed E-state index contributed by atoms with van der Waals surface area (Å²) in [5.74, 6) is 2.08. The zero-order valence-electron chi connectivity index (χ0n) is 28.6. The first kappa shape index (κ1) is 33.4. The smallest absolute Gasteiger partial charge is 0.509 e. The van der Waals surface area contributed by atoms with Gasteiger partial charge in [-0.15, -0.1) is 35.7 Å². The van der Waals surface area contributed by atoms with Gasteiger partial charge >= 0.3 is 21.1 Å². The molecule has 0 bridgehead atoms. The van der Waals surface area contributed by atoms with Crippen molar-refractivity contribution in [3.8, 4) is 34.1 Å². The summed E-state index contributed by atoms with van der Waals surface area (Å²) in [7, 11) is 0. The summed E-state index contributed by atoms with van der Waals surface area (Å²) < 4.78 is 10.6. The molecule has 48 heavy (non-hydrogen) atoms. The van der Waals surface area contributed by atoms with Crippen LogP contribution in [0.25, 0.3) is 44.4 Å². The molecule has 4 aromatic carbocycles. The molecule has 0 amide bonds. The number of ether oxygens (including phenoxy) is 1. The summed E-state index contributed by atoms with van der Waals surface area (Å²) in [6.45, 7) is 15.3. The van der Waals surface area contributed by atoms with Crippen molar-refractivity contribution >= 4 is 21.8 Å². The fraction of sp³-hybridized carbons (Fsp3) is 0.238. The Bertz CT molecular complexity index is 2250. The van der Waals surface area contributed by atoms with Crippen LogP contribution in [0.3, 0.4) is 0 Å². The zero-order chi connectivity index (χ0) is 32.9. The number of para-hydroxylation sites is 1. The second-order valence-corrected chi connectivity index (χ2v) is 13.2. The standard InChI is InChI=1S/C42H40N4O.Pt/c1-8-29-14-12-15-30(9-2)41(29)40-27(3)44-46(28(40)4)32-16-13-17-33(25-32)47-34-20-21-36-35-18-10-11-19-37(35)45(38(36)26-34)39-24-31(22-23-43-39)42(5,6)7;/h10-24H,8-9H2,1-7H3;/q-2;+2. The number of rotatable bonds is 7. The van der Waals surface area contributed by atoms with Crippen LogP contribution in [0.15, 0.2) is 91.1 Å². The maximum Gasteiger partial charge on any atom is 2.00 e. The van der Waals surface area contributed by atoms with Gasteiger partial charge in [-0.05, 0) is 83.6 Å². The van der Waals surface area contributed by atoms with Gasteiger partial charge in [0.1, 0.15) is 5.82 Å². The summed E-state index contributed by atoms with van der Waals surface area (Å²) in [5, 5.41) is 7.25. The maximum atomic E-state index is 6.46. The van der Waals surface area contributed by atoms with Crippen LogP contribution in [0.5, 0.6) is 11.5 Å². The molecule has 0 atom stereocenters. The van der Waals surface area contributed by atoms with Gasteiger partial charge in [0.05, 0.1) is 5.69 Å². The average molecular weight is 812 g/mol. The second kappa shape index (κ2) is 13.2. The van der Waals surface area contributed by atoms with Crippen molar-refractivity contribution in [2.45, 2.75) is 66.7 Å². The predicted octanol–water partition coefficient (Wildman–Crippen LogP) is 10.5. The number of fused-ring (bicyclic) bond motifs is 3. The van der Waals surface area contributed by atoms with Crippen molar-refractivity contribution in [1.82, 2.24) is 19.3 Å². The van der Waals surface area contributed by atoms with E-state index in [2.05, 4.69) is 126 Å². The molecule has 0 aliphatic heterocycles. The van der Waals surface area contributed by atoms with E-state index in [4.69, 9.17) is 14.8 Å². The minimum absolute atomic E-state index is 0. The molecule has 0 spiro atoms. The summed E-state index contributed by atoms with van der Waals surface area (Å²) in [4.78, 5) is 4.80. The molecule has 0 N–H and O–H groups in total. The van der Waals surface area contributed by atoms with Crippen molar-refractivity contribution in [2.24, 2.45) is 0 Å². The molecule has 3 aromatic heterocycles. The Hall–Kier alpha value is -4.47. The quantitative estimate of drug-likeness (QED) is 0.151. The number of aromatic nitrogens is 4. The third-order valence-corrected chi connectivity index (χ3v) is 9.14. The topological polar surface area (TPSA) is 44.9 Å². The molecular formula is C42H40N4OPt. The molecule has 0 radical (unpaired) electrons. The van der Waals surface area contributed by atoms with Crippen LogP contribution in [-0.4, -0.2) is 19.3 Å². The van der Waals surface area contributed by atoms with E-state index in [1.807, 2.05) is 35.1 Å². The first-order chi connectivity index (χ1) is 22.7. The molecule has 0 aliphatic carbocycles. The van der Waals surface area contributed by atoms with Gasteiger partial charge in [-0.25, -0.2) is 4.98 Å². The van der Waals surface area contributed by atoms with Gasteiger partial charge in [-0.2, -0.15) is 17.2 Å². The Labute approximate surface area is 297 Å². The van der Waals surface area contributed by atoms with Crippen LogP contribution in [-0.2, 0) is 39.3 Å². The van der Waals surface area contributed by atoms with Crippen molar-refractivity contribution in [2.75, 3.05) is 0 Å². The van der Waals surface area contributed by atoms with Crippen LogP contribution in [0, 0.1) is 26.0 Å². The SMILES string of the molecule is CCc1cccc(CC)c1-c1c(C)nn(-c2[c-]c(Oc3[c-]c4c(cc3)c3ccccc3n4-c3cc(C(C)(C)C)ccn3)ccc2)c1C.[Pt+2]. The van der Waals surface area contributed by atoms with Gasteiger partial charge in [-0.3, -0.25) is 4.68 Å². The van der Waals surface area contributed by atoms with E-state index < -0.39 is 0 Å². The monoisotopic (exact) mass is 811 g/mol. The summed E-state index contributed by atoms with van der Waals surface area (Å²) in [5.41, 5.74) is 11.4. The normalized spacial score (nSPS) is 11.6. The van der Waals surface area contributed by atoms with Crippen molar-refractivity contribution < 1.29 is 25.8 Å². The molecule has 3 heterocycles. The minimum Gasteiger partial charge on any atom is -0.509 e. The summed E-state index contributed by atoms with van der Waals surface area (Å²) in [6.07, 6.45) is 3.84. The summed E-state index contributed by atoms with van der Waals surface area (Å²) in [6, 6.07) is 36.4. The number of hydrogen-bond donors (Lipinski definition) is 0. The Morgan fingerprint density at radius 2 is 1.46 bits per heavy atom. The molecule has 244 valence electrons. The van der Waals surface area contributed by atoms with Gasteiger partial charge in [0.25, 0.3) is 0 Å². The van der Waals surface area contributed by atoms with Crippen molar-refractivity contribution in [3.63, 3.8) is 0 Å². The third-order valence-electron chi connectivity index (χ3n) is 9.14. The van der Waals surface area contributed by atoms with E-state index in [1.165, 1.54) is 27.8 Å². The molecular weight excluding hydrogens is 772 g/mol. The molecule has 0 saturated carbocycles. The van der Waals surface area contributed by atoms with E-state index in [1.54, 1.807) is 0 Å². The van der Waals surface area contributed by atoms with Gasteiger partial charge < -0.3 is 9.30 Å². The first-order valence-corrected chi connectivity index (χ1v) is 16.5. The fourth-order valence-electron chi connectivity index (χ4n) is 6.72. The third kappa shape index (κ3) is 5.90. The average Bonchev–Trinajstić information content (AvgIpc) is 3.56. The number of benzene rings is 4. The molecule has 0 saturated heterocycles. The van der Waals surface area contributed by atoms with E-state index in [0.717, 1.165) is 57.5 Å². The molecule has 6 heteroatoms. The van der Waals surface area contributed by atoms with Gasteiger partial charge in [0.2, 0.25) is 0 Å². The minimum atomic E-state index is -0.000795. The van der Waals surface area contributed by atoms with Crippen molar-refractivity contribution in [3.05, 3.63) is 131 Å². The Balaban J connectivity index is 0.00000401. The Morgan fingerprint density at radius 1 is 0.750 bits per heavy atom. The molecule has 5 nitrogen and oxygen atoms in total. The van der Waals surface area contributed by atoms with Gasteiger partial charge in [0.15, 0.2) is 0 Å². The van der Waals surface area contributed by atoms with E-state index in [-0.39, 0.29) is 26.5 Å². The molecule has 0 aliphatic rings. The van der Waals surface area contributed by atoms with Crippen molar-refractivity contribution in [1.29, 1.82) is 0 Å². The molecule has 0 fully saturated rings. The van der Waals surface area contributed by atoms with Crippen LogP contribution in [0.4, 0.5) is 0 Å². The number of hydrogen-bond acceptors (Lipinski definition) is 3. The van der Waals surface area contributed by atoms with E-state index in [0.29, 0.717) is 11.5 Å². The number of pyridine rings is 1. The Kier molecular flexibility index (Phi) is 9.20. The number of nitrogens with zero attached hydrogens (tertiary/aromatic N) is 4. The molecule has 7 rings (SSSR count). The zero-order valence-corrected chi connectivity index (χ0v) is 30.9. The Morgan fingerprint density at radius 3 is 2.19 bits per heavy atom. The number of aryl methyl sites for hydroxylation is 3. The van der Waals surface area contributed by atoms with E-state index >= 15 is 0 Å². The largest absolute Gasteiger partial charge is 2.00 e. The maximum absolute atomic E-state index is 6.46. The molecule has 7 aromatic rings. The predicted molar refractivity (Wildman–Crippen MR) is 192 cm³/mol. The van der Waals surface area contributed by atoms with Crippen LogP contribution in [0.2, 0.25) is 0 Å². The molecule has 0 unspecified atom stereocenters. The van der Waals surface area contributed by atoms with E-state index in [9.17, 15) is 0 Å². The first-order valence-electron chi connectivity index (χ1n) is 16.5. The van der Waals surface area contributed by atoms with Crippen LogP contribution >= 0.6 is 0 Å². The van der Waals surface area contributed by atoms with Gasteiger partial charge in [-0.1, -0.05) is 76.5 Å². The summed E-state index contributed by atoms with van der Waals surface area (Å²) >= 11 is 0. The van der Waals surface area contributed by atoms with Crippen LogP contribution in [0.1, 0.15) is 62.7 Å². The second-order valence-electron chi connectivity index (χ2n) is 13.2. The fourth-order valence-corrected chi connectivity index (χ4v) is 6.72.